The van der Waals surface area contributed by atoms with Crippen molar-refractivity contribution in [1.29, 1.82) is 0 Å². The van der Waals surface area contributed by atoms with E-state index in [4.69, 9.17) is 10.5 Å². The van der Waals surface area contributed by atoms with Crippen molar-refractivity contribution in [3.05, 3.63) is 24.3 Å². The average Bonchev–Trinajstić information content (AvgIpc) is 2.75. The number of nitrogens with zero attached hydrogens (tertiary/aromatic N) is 4. The lowest BCUT2D eigenvalue weighted by Crippen LogP contribution is -2.10. The fourth-order valence-electron chi connectivity index (χ4n) is 1.62. The Labute approximate surface area is 105 Å². The first-order valence-electron chi connectivity index (χ1n) is 5.57. The number of ether oxygens (including phenoxy) is 1. The lowest BCUT2D eigenvalue weighted by molar-refractivity contribution is 0.415. The summed E-state index contributed by atoms with van der Waals surface area (Å²) in [5, 5.41) is 7.45. The first kappa shape index (κ1) is 12.2. The Balaban J connectivity index is 1.96. The van der Waals surface area contributed by atoms with E-state index in [1.165, 1.54) is 6.33 Å². The Morgan fingerprint density at radius 1 is 1.44 bits per heavy atom. The van der Waals surface area contributed by atoms with Crippen LogP contribution in [0.15, 0.2) is 18.6 Å². The van der Waals surface area contributed by atoms with Crippen LogP contribution in [0.2, 0.25) is 0 Å². The van der Waals surface area contributed by atoms with Gasteiger partial charge in [-0.1, -0.05) is 0 Å². The predicted octanol–water partition coefficient (Wildman–Crippen LogP) is 0.455. The summed E-state index contributed by atoms with van der Waals surface area (Å²) in [5.41, 5.74) is 6.71. The van der Waals surface area contributed by atoms with Gasteiger partial charge in [0.05, 0.1) is 12.8 Å². The van der Waals surface area contributed by atoms with Gasteiger partial charge >= 0.3 is 0 Å². The third kappa shape index (κ3) is 2.68. The highest BCUT2D eigenvalue weighted by Gasteiger charge is 2.08. The minimum Gasteiger partial charge on any atom is -0.490 e. The van der Waals surface area contributed by atoms with Gasteiger partial charge in [0.25, 0.3) is 0 Å². The molecule has 0 aliphatic heterocycles. The van der Waals surface area contributed by atoms with E-state index < -0.39 is 0 Å². The van der Waals surface area contributed by atoms with Crippen molar-refractivity contribution in [2.24, 2.45) is 7.05 Å². The molecule has 7 heteroatoms. The van der Waals surface area contributed by atoms with E-state index in [0.717, 1.165) is 12.1 Å². The van der Waals surface area contributed by atoms with Crippen LogP contribution in [0, 0.1) is 0 Å². The Hall–Kier alpha value is -2.31. The molecule has 0 saturated carbocycles. The number of aryl methyl sites for hydroxylation is 1. The number of hydrogen-bond acceptors (Lipinski definition) is 6. The third-order valence-corrected chi connectivity index (χ3v) is 2.48. The number of nitrogen functional groups attached to an aromatic ring is 1. The molecule has 18 heavy (non-hydrogen) atoms. The SMILES string of the molecule is COc1c(N)ncnc1NCCc1ccn(C)n1. The zero-order valence-corrected chi connectivity index (χ0v) is 10.4. The van der Waals surface area contributed by atoms with Crippen molar-refractivity contribution in [2.75, 3.05) is 24.7 Å². The van der Waals surface area contributed by atoms with E-state index in [1.807, 2.05) is 19.3 Å². The van der Waals surface area contributed by atoms with Gasteiger partial charge < -0.3 is 15.8 Å². The number of nitrogens with two attached hydrogens (primary N) is 1. The monoisotopic (exact) mass is 248 g/mol. The summed E-state index contributed by atoms with van der Waals surface area (Å²) in [6, 6.07) is 1.98. The second kappa shape index (κ2) is 5.35. The Morgan fingerprint density at radius 2 is 2.28 bits per heavy atom. The molecule has 0 amide bonds. The molecule has 2 aromatic rings. The normalized spacial score (nSPS) is 10.3. The molecule has 0 spiro atoms. The van der Waals surface area contributed by atoms with E-state index in [-0.39, 0.29) is 0 Å². The van der Waals surface area contributed by atoms with Gasteiger partial charge in [-0.05, 0) is 6.07 Å². The molecule has 2 heterocycles. The molecule has 0 aromatic carbocycles. The maximum absolute atomic E-state index is 5.69. The molecule has 0 saturated heterocycles. The van der Waals surface area contributed by atoms with Gasteiger partial charge in [0.15, 0.2) is 11.6 Å². The van der Waals surface area contributed by atoms with Gasteiger partial charge in [0, 0.05) is 26.2 Å². The molecule has 2 aromatic heterocycles. The van der Waals surface area contributed by atoms with Crippen molar-refractivity contribution in [3.63, 3.8) is 0 Å². The highest BCUT2D eigenvalue weighted by molar-refractivity contribution is 5.61. The van der Waals surface area contributed by atoms with E-state index >= 15 is 0 Å². The topological polar surface area (TPSA) is 90.9 Å². The molecule has 0 atom stereocenters. The molecule has 0 bridgehead atoms. The zero-order chi connectivity index (χ0) is 13.0. The van der Waals surface area contributed by atoms with E-state index in [2.05, 4.69) is 20.4 Å². The summed E-state index contributed by atoms with van der Waals surface area (Å²) < 4.78 is 6.93. The van der Waals surface area contributed by atoms with Crippen LogP contribution in [0.1, 0.15) is 5.69 Å². The summed E-state index contributed by atoms with van der Waals surface area (Å²) in [7, 11) is 3.43. The van der Waals surface area contributed by atoms with Crippen LogP contribution >= 0.6 is 0 Å². The molecular formula is C11H16N6O. The number of rotatable bonds is 5. The number of hydrogen-bond donors (Lipinski definition) is 2. The zero-order valence-electron chi connectivity index (χ0n) is 10.4. The van der Waals surface area contributed by atoms with Crippen LogP contribution in [0.25, 0.3) is 0 Å². The maximum Gasteiger partial charge on any atom is 0.203 e. The number of aromatic nitrogens is 4. The smallest absolute Gasteiger partial charge is 0.203 e. The Morgan fingerprint density at radius 3 is 2.94 bits per heavy atom. The van der Waals surface area contributed by atoms with Gasteiger partial charge in [-0.25, -0.2) is 9.97 Å². The average molecular weight is 248 g/mol. The fourth-order valence-corrected chi connectivity index (χ4v) is 1.62. The molecular weight excluding hydrogens is 232 g/mol. The van der Waals surface area contributed by atoms with Crippen LogP contribution < -0.4 is 15.8 Å². The van der Waals surface area contributed by atoms with Crippen LogP contribution in [-0.2, 0) is 13.5 Å². The highest BCUT2D eigenvalue weighted by Crippen LogP contribution is 2.25. The number of nitrogens with one attached hydrogen (secondary N) is 1. The molecule has 7 nitrogen and oxygen atoms in total. The Kier molecular flexibility index (Phi) is 3.61. The molecule has 0 radical (unpaired) electrons. The molecule has 0 fully saturated rings. The molecule has 0 unspecified atom stereocenters. The van der Waals surface area contributed by atoms with Crippen LogP contribution in [-0.4, -0.2) is 33.4 Å². The summed E-state index contributed by atoms with van der Waals surface area (Å²) in [6.45, 7) is 0.698. The quantitative estimate of drug-likeness (QED) is 0.798. The third-order valence-electron chi connectivity index (χ3n) is 2.48. The molecule has 0 aliphatic carbocycles. The fraction of sp³-hybridized carbons (Fsp3) is 0.364. The van der Waals surface area contributed by atoms with Gasteiger partial charge in [0.1, 0.15) is 6.33 Å². The van der Waals surface area contributed by atoms with Gasteiger partial charge in [-0.3, -0.25) is 4.68 Å². The second-order valence-electron chi connectivity index (χ2n) is 3.80. The van der Waals surface area contributed by atoms with Crippen molar-refractivity contribution >= 4 is 11.6 Å². The maximum atomic E-state index is 5.69. The second-order valence-corrected chi connectivity index (χ2v) is 3.80. The molecule has 3 N–H and O–H groups in total. The van der Waals surface area contributed by atoms with Crippen molar-refractivity contribution < 1.29 is 4.74 Å². The minimum absolute atomic E-state index is 0.327. The lowest BCUT2D eigenvalue weighted by Gasteiger charge is -2.10. The van der Waals surface area contributed by atoms with E-state index in [1.54, 1.807) is 11.8 Å². The van der Waals surface area contributed by atoms with Crippen LogP contribution in [0.3, 0.4) is 0 Å². The molecule has 96 valence electrons. The number of methoxy groups -OCH3 is 1. The summed E-state index contributed by atoms with van der Waals surface area (Å²) >= 11 is 0. The molecule has 2 rings (SSSR count). The standard InChI is InChI=1S/C11H16N6O/c1-17-6-4-8(16-17)3-5-13-11-9(18-2)10(12)14-7-15-11/h4,6-7H,3,5H2,1-2H3,(H3,12,13,14,15). The van der Waals surface area contributed by atoms with Gasteiger partial charge in [0.2, 0.25) is 5.75 Å². The minimum atomic E-state index is 0.327. The summed E-state index contributed by atoms with van der Waals surface area (Å²) in [5.74, 6) is 1.40. The molecule has 0 aliphatic rings. The first-order valence-corrected chi connectivity index (χ1v) is 5.57. The first-order chi connectivity index (χ1) is 8.70. The summed E-state index contributed by atoms with van der Waals surface area (Å²) in [6.07, 6.45) is 4.12. The van der Waals surface area contributed by atoms with Crippen LogP contribution in [0.5, 0.6) is 5.75 Å². The lowest BCUT2D eigenvalue weighted by atomic mass is 10.3. The van der Waals surface area contributed by atoms with Gasteiger partial charge in [-0.2, -0.15) is 5.10 Å². The van der Waals surface area contributed by atoms with Crippen molar-refractivity contribution in [1.82, 2.24) is 19.7 Å². The highest BCUT2D eigenvalue weighted by atomic mass is 16.5. The Bertz CT molecular complexity index is 524. The van der Waals surface area contributed by atoms with Crippen molar-refractivity contribution in [3.8, 4) is 5.75 Å². The van der Waals surface area contributed by atoms with Crippen molar-refractivity contribution in [2.45, 2.75) is 6.42 Å². The largest absolute Gasteiger partial charge is 0.490 e. The van der Waals surface area contributed by atoms with Crippen LogP contribution in [0.4, 0.5) is 11.6 Å². The number of anilines is 2. The summed E-state index contributed by atoms with van der Waals surface area (Å²) in [4.78, 5) is 7.96. The predicted molar refractivity (Wildman–Crippen MR) is 68.4 cm³/mol. The van der Waals surface area contributed by atoms with E-state index in [9.17, 15) is 0 Å². The van der Waals surface area contributed by atoms with Gasteiger partial charge in [-0.15, -0.1) is 0 Å². The van der Waals surface area contributed by atoms with E-state index in [0.29, 0.717) is 23.9 Å².